The molecule has 2 aliphatic heterocycles. The number of aromatic hydroxyl groups is 1. The molecule has 1 aliphatic carbocycles. The number of phenols is 1. The summed E-state index contributed by atoms with van der Waals surface area (Å²) >= 11 is 0. The highest BCUT2D eigenvalue weighted by Crippen LogP contribution is 2.39. The fourth-order valence-electron chi connectivity index (χ4n) is 4.59. The molecule has 1 N–H and O–H groups in total. The maximum absolute atomic E-state index is 9.64. The van der Waals surface area contributed by atoms with Crippen molar-refractivity contribution in [2.75, 3.05) is 26.2 Å². The molecular formula is C18H26N2O. The molecular weight excluding hydrogens is 260 g/mol. The number of aryl methyl sites for hydroxylation is 1. The van der Waals surface area contributed by atoms with Gasteiger partial charge in [-0.2, -0.15) is 0 Å². The molecule has 1 aromatic rings. The van der Waals surface area contributed by atoms with E-state index in [0.717, 1.165) is 12.5 Å². The SMILES string of the molecule is Oc1ccc2c(c1)CCC2N1CCC(N2CCCCC2)C1. The third-order valence-electron chi connectivity index (χ3n) is 5.72. The molecule has 0 radical (unpaired) electrons. The zero-order valence-corrected chi connectivity index (χ0v) is 12.8. The second kappa shape index (κ2) is 5.62. The number of benzene rings is 1. The van der Waals surface area contributed by atoms with Crippen LogP contribution in [0.5, 0.6) is 5.75 Å². The Morgan fingerprint density at radius 3 is 2.67 bits per heavy atom. The lowest BCUT2D eigenvalue weighted by Gasteiger charge is -2.33. The first kappa shape index (κ1) is 13.6. The second-order valence-electron chi connectivity index (χ2n) is 6.97. The van der Waals surface area contributed by atoms with E-state index in [1.54, 1.807) is 0 Å². The first-order chi connectivity index (χ1) is 10.3. The summed E-state index contributed by atoms with van der Waals surface area (Å²) in [5, 5.41) is 9.64. The predicted molar refractivity (Wildman–Crippen MR) is 84.6 cm³/mol. The Bertz CT molecular complexity index is 510. The number of likely N-dealkylation sites (tertiary alicyclic amines) is 2. The van der Waals surface area contributed by atoms with Crippen molar-refractivity contribution >= 4 is 0 Å². The highest BCUT2D eigenvalue weighted by molar-refractivity contribution is 5.40. The average Bonchev–Trinajstić information content (AvgIpc) is 3.13. The van der Waals surface area contributed by atoms with Crippen LogP contribution in [0.25, 0.3) is 0 Å². The molecule has 2 saturated heterocycles. The Balaban J connectivity index is 1.45. The van der Waals surface area contributed by atoms with Gasteiger partial charge in [0.15, 0.2) is 0 Å². The fourth-order valence-corrected chi connectivity index (χ4v) is 4.59. The normalized spacial score (nSPS) is 30.7. The van der Waals surface area contributed by atoms with E-state index in [1.807, 2.05) is 12.1 Å². The highest BCUT2D eigenvalue weighted by atomic mass is 16.3. The van der Waals surface area contributed by atoms with E-state index in [-0.39, 0.29) is 0 Å². The van der Waals surface area contributed by atoms with Gasteiger partial charge in [0.25, 0.3) is 0 Å². The quantitative estimate of drug-likeness (QED) is 0.905. The molecule has 3 aliphatic rings. The van der Waals surface area contributed by atoms with Gasteiger partial charge in [-0.1, -0.05) is 12.5 Å². The number of piperidine rings is 1. The van der Waals surface area contributed by atoms with Gasteiger partial charge >= 0.3 is 0 Å². The molecule has 2 fully saturated rings. The third kappa shape index (κ3) is 2.58. The van der Waals surface area contributed by atoms with Crippen LogP contribution in [0.3, 0.4) is 0 Å². The van der Waals surface area contributed by atoms with Crippen molar-refractivity contribution in [2.45, 2.75) is 50.6 Å². The van der Waals surface area contributed by atoms with E-state index in [1.165, 1.54) is 69.4 Å². The van der Waals surface area contributed by atoms with Crippen molar-refractivity contribution in [2.24, 2.45) is 0 Å². The number of phenolic OH excluding ortho intramolecular Hbond substituents is 1. The summed E-state index contributed by atoms with van der Waals surface area (Å²) in [4.78, 5) is 5.43. The van der Waals surface area contributed by atoms with Crippen LogP contribution in [0.2, 0.25) is 0 Å². The molecule has 2 heterocycles. The molecule has 21 heavy (non-hydrogen) atoms. The van der Waals surface area contributed by atoms with Gasteiger partial charge < -0.3 is 5.11 Å². The molecule has 0 spiro atoms. The summed E-state index contributed by atoms with van der Waals surface area (Å²) < 4.78 is 0. The van der Waals surface area contributed by atoms with Crippen molar-refractivity contribution in [1.29, 1.82) is 0 Å². The Labute approximate surface area is 127 Å². The van der Waals surface area contributed by atoms with Crippen LogP contribution >= 0.6 is 0 Å². The van der Waals surface area contributed by atoms with Gasteiger partial charge in [0, 0.05) is 25.2 Å². The zero-order chi connectivity index (χ0) is 14.2. The summed E-state index contributed by atoms with van der Waals surface area (Å²) in [5.74, 6) is 0.419. The van der Waals surface area contributed by atoms with Crippen LogP contribution in [-0.2, 0) is 6.42 Å². The highest BCUT2D eigenvalue weighted by Gasteiger charge is 2.35. The third-order valence-corrected chi connectivity index (χ3v) is 5.72. The minimum absolute atomic E-state index is 0.419. The van der Waals surface area contributed by atoms with Gasteiger partial charge in [-0.25, -0.2) is 0 Å². The van der Waals surface area contributed by atoms with Crippen LogP contribution in [0.4, 0.5) is 0 Å². The van der Waals surface area contributed by atoms with Crippen molar-refractivity contribution < 1.29 is 5.11 Å². The van der Waals surface area contributed by atoms with Crippen molar-refractivity contribution in [3.05, 3.63) is 29.3 Å². The molecule has 4 rings (SSSR count). The van der Waals surface area contributed by atoms with Crippen LogP contribution in [0.15, 0.2) is 18.2 Å². The number of nitrogens with zero attached hydrogens (tertiary/aromatic N) is 2. The van der Waals surface area contributed by atoms with Gasteiger partial charge in [0.1, 0.15) is 5.75 Å². The standard InChI is InChI=1S/C18H26N2O/c21-16-5-6-17-14(12-16)4-7-18(17)20-11-8-15(13-20)19-9-2-1-3-10-19/h5-6,12,15,18,21H,1-4,7-11,13H2. The van der Waals surface area contributed by atoms with Crippen LogP contribution < -0.4 is 0 Å². The Hall–Kier alpha value is -1.06. The fraction of sp³-hybridized carbons (Fsp3) is 0.667. The second-order valence-corrected chi connectivity index (χ2v) is 6.97. The van der Waals surface area contributed by atoms with Gasteiger partial charge in [-0.05, 0) is 68.5 Å². The van der Waals surface area contributed by atoms with E-state index < -0.39 is 0 Å². The number of rotatable bonds is 2. The van der Waals surface area contributed by atoms with E-state index in [9.17, 15) is 5.11 Å². The van der Waals surface area contributed by atoms with Gasteiger partial charge in [-0.15, -0.1) is 0 Å². The molecule has 3 nitrogen and oxygen atoms in total. The average molecular weight is 286 g/mol. The van der Waals surface area contributed by atoms with E-state index in [0.29, 0.717) is 11.8 Å². The zero-order valence-electron chi connectivity index (χ0n) is 12.8. The summed E-state index contributed by atoms with van der Waals surface area (Å²) in [6.45, 7) is 5.11. The van der Waals surface area contributed by atoms with Crippen molar-refractivity contribution in [3.63, 3.8) is 0 Å². The van der Waals surface area contributed by atoms with E-state index in [4.69, 9.17) is 0 Å². The van der Waals surface area contributed by atoms with E-state index in [2.05, 4.69) is 15.9 Å². The molecule has 114 valence electrons. The smallest absolute Gasteiger partial charge is 0.115 e. The molecule has 2 atom stereocenters. The molecule has 0 bridgehead atoms. The molecule has 0 saturated carbocycles. The molecule has 3 heteroatoms. The maximum atomic E-state index is 9.64. The number of fused-ring (bicyclic) bond motifs is 1. The van der Waals surface area contributed by atoms with Gasteiger partial charge in [0.2, 0.25) is 0 Å². The molecule has 0 amide bonds. The van der Waals surface area contributed by atoms with E-state index >= 15 is 0 Å². The largest absolute Gasteiger partial charge is 0.508 e. The predicted octanol–water partition coefficient (Wildman–Crippen LogP) is 2.94. The molecule has 1 aromatic carbocycles. The minimum Gasteiger partial charge on any atom is -0.508 e. The summed E-state index contributed by atoms with van der Waals surface area (Å²) in [6.07, 6.45) is 7.89. The molecule has 2 unspecified atom stereocenters. The lowest BCUT2D eigenvalue weighted by Crippen LogP contribution is -2.41. The molecule has 0 aromatic heterocycles. The monoisotopic (exact) mass is 286 g/mol. The first-order valence-corrected chi connectivity index (χ1v) is 8.61. The number of hydrogen-bond donors (Lipinski definition) is 1. The summed E-state index contributed by atoms with van der Waals surface area (Å²) in [6, 6.07) is 7.35. The maximum Gasteiger partial charge on any atom is 0.115 e. The van der Waals surface area contributed by atoms with Crippen LogP contribution in [0, 0.1) is 0 Å². The summed E-state index contributed by atoms with van der Waals surface area (Å²) in [7, 11) is 0. The van der Waals surface area contributed by atoms with Crippen molar-refractivity contribution in [3.8, 4) is 5.75 Å². The number of hydrogen-bond acceptors (Lipinski definition) is 3. The van der Waals surface area contributed by atoms with Gasteiger partial charge in [0.05, 0.1) is 0 Å². The van der Waals surface area contributed by atoms with Crippen LogP contribution in [0.1, 0.15) is 49.3 Å². The van der Waals surface area contributed by atoms with Crippen molar-refractivity contribution in [1.82, 2.24) is 9.80 Å². The van der Waals surface area contributed by atoms with Gasteiger partial charge in [-0.3, -0.25) is 9.80 Å². The first-order valence-electron chi connectivity index (χ1n) is 8.61. The lowest BCUT2D eigenvalue weighted by molar-refractivity contribution is 0.152. The minimum atomic E-state index is 0.419. The Morgan fingerprint density at radius 2 is 1.81 bits per heavy atom. The summed E-state index contributed by atoms with van der Waals surface area (Å²) in [5.41, 5.74) is 2.83. The Morgan fingerprint density at radius 1 is 0.952 bits per heavy atom. The topological polar surface area (TPSA) is 26.7 Å². The Kier molecular flexibility index (Phi) is 3.64. The lowest BCUT2D eigenvalue weighted by atomic mass is 10.1. The van der Waals surface area contributed by atoms with Crippen LogP contribution in [-0.4, -0.2) is 47.1 Å².